The van der Waals surface area contributed by atoms with Gasteiger partial charge in [0, 0.05) is 11.8 Å². The highest BCUT2D eigenvalue weighted by molar-refractivity contribution is 5.85. The molecule has 0 aromatic heterocycles. The fraction of sp³-hybridized carbons (Fsp3) is 0.667. The Bertz CT molecular complexity index is 138. The molecule has 0 saturated heterocycles. The van der Waals surface area contributed by atoms with Gasteiger partial charge in [-0.25, -0.2) is 0 Å². The lowest BCUT2D eigenvalue weighted by Crippen LogP contribution is -2.34. The van der Waals surface area contributed by atoms with E-state index in [1.165, 1.54) is 0 Å². The van der Waals surface area contributed by atoms with E-state index < -0.39 is 23.7 Å². The first-order chi connectivity index (χ1) is 4.46. The molecule has 2 atom stereocenters. The molecule has 0 aliphatic carbocycles. The fourth-order valence-corrected chi connectivity index (χ4v) is 0.493. The maximum atomic E-state index is 10.5. The van der Waals surface area contributed by atoms with Crippen LogP contribution in [-0.4, -0.2) is 11.8 Å². The molecule has 10 heavy (non-hydrogen) atoms. The van der Waals surface area contributed by atoms with E-state index in [9.17, 15) is 9.59 Å². The van der Waals surface area contributed by atoms with Gasteiger partial charge in [-0.1, -0.05) is 13.8 Å². The van der Waals surface area contributed by atoms with Crippen LogP contribution in [0.1, 0.15) is 13.8 Å². The van der Waals surface area contributed by atoms with Crippen LogP contribution in [0.3, 0.4) is 0 Å². The first-order valence-corrected chi connectivity index (χ1v) is 3.05. The number of hydrogen-bond donors (Lipinski definition) is 2. The molecule has 0 aliphatic rings. The minimum absolute atomic E-state index is 0.475. The van der Waals surface area contributed by atoms with Crippen molar-refractivity contribution in [3.63, 3.8) is 0 Å². The fourth-order valence-electron chi connectivity index (χ4n) is 0.493. The van der Waals surface area contributed by atoms with Crippen LogP contribution < -0.4 is 11.5 Å². The summed E-state index contributed by atoms with van der Waals surface area (Å²) in [5.41, 5.74) is 9.86. The molecule has 0 rings (SSSR count). The molecule has 2 unspecified atom stereocenters. The molecule has 0 saturated carbocycles. The Morgan fingerprint density at radius 1 is 1.00 bits per heavy atom. The molecule has 0 spiro atoms. The van der Waals surface area contributed by atoms with Crippen molar-refractivity contribution < 1.29 is 9.59 Å². The first-order valence-electron chi connectivity index (χ1n) is 3.05. The Morgan fingerprint density at radius 2 is 1.20 bits per heavy atom. The number of primary amides is 2. The average Bonchev–Trinajstić information content (AvgIpc) is 1.84. The normalized spacial score (nSPS) is 15.8. The lowest BCUT2D eigenvalue weighted by molar-refractivity contribution is -0.130. The van der Waals surface area contributed by atoms with Crippen molar-refractivity contribution >= 4 is 11.8 Å². The van der Waals surface area contributed by atoms with Crippen LogP contribution in [0.4, 0.5) is 0 Å². The quantitative estimate of drug-likeness (QED) is 0.545. The molecular formula is C6H12N2O2. The number of rotatable bonds is 3. The lowest BCUT2D eigenvalue weighted by atomic mass is 9.95. The van der Waals surface area contributed by atoms with E-state index >= 15 is 0 Å². The third kappa shape index (κ3) is 2.05. The zero-order valence-corrected chi connectivity index (χ0v) is 6.13. The predicted octanol–water partition coefficient (Wildman–Crippen LogP) is -0.771. The molecule has 0 radical (unpaired) electrons. The Kier molecular flexibility index (Phi) is 2.86. The van der Waals surface area contributed by atoms with Crippen molar-refractivity contribution in [3.8, 4) is 0 Å². The topological polar surface area (TPSA) is 86.2 Å². The van der Waals surface area contributed by atoms with E-state index in [1.54, 1.807) is 13.8 Å². The third-order valence-electron chi connectivity index (χ3n) is 1.65. The van der Waals surface area contributed by atoms with Gasteiger partial charge in [0.2, 0.25) is 11.8 Å². The van der Waals surface area contributed by atoms with Crippen LogP contribution in [-0.2, 0) is 9.59 Å². The molecule has 0 bridgehead atoms. The minimum Gasteiger partial charge on any atom is -0.369 e. The second kappa shape index (κ2) is 3.20. The first kappa shape index (κ1) is 8.94. The van der Waals surface area contributed by atoms with Crippen LogP contribution >= 0.6 is 0 Å². The summed E-state index contributed by atoms with van der Waals surface area (Å²) >= 11 is 0. The summed E-state index contributed by atoms with van der Waals surface area (Å²) in [6.45, 7) is 3.16. The summed E-state index contributed by atoms with van der Waals surface area (Å²) in [6, 6.07) is 0. The van der Waals surface area contributed by atoms with E-state index in [0.29, 0.717) is 0 Å². The minimum atomic E-state index is -0.494. The van der Waals surface area contributed by atoms with Gasteiger partial charge in [-0.3, -0.25) is 9.59 Å². The predicted molar refractivity (Wildman–Crippen MR) is 36.7 cm³/mol. The van der Waals surface area contributed by atoms with Crippen LogP contribution in [0.2, 0.25) is 0 Å². The zero-order chi connectivity index (χ0) is 8.31. The summed E-state index contributed by atoms with van der Waals surface area (Å²) in [5.74, 6) is -1.94. The van der Waals surface area contributed by atoms with Crippen LogP contribution in [0.15, 0.2) is 0 Å². The molecule has 4 N–H and O–H groups in total. The molecule has 0 fully saturated rings. The number of carbonyl (C=O) groups excluding carboxylic acids is 2. The molecule has 0 aromatic carbocycles. The highest BCUT2D eigenvalue weighted by atomic mass is 16.2. The van der Waals surface area contributed by atoms with E-state index in [2.05, 4.69) is 0 Å². The van der Waals surface area contributed by atoms with Crippen molar-refractivity contribution in [1.82, 2.24) is 0 Å². The maximum Gasteiger partial charge on any atom is 0.221 e. The van der Waals surface area contributed by atoms with Gasteiger partial charge in [-0.2, -0.15) is 0 Å². The van der Waals surface area contributed by atoms with Gasteiger partial charge in [0.15, 0.2) is 0 Å². The zero-order valence-electron chi connectivity index (χ0n) is 6.13. The molecular weight excluding hydrogens is 132 g/mol. The Labute approximate surface area is 59.6 Å². The summed E-state index contributed by atoms with van der Waals surface area (Å²) in [7, 11) is 0. The Hall–Kier alpha value is -1.06. The maximum absolute atomic E-state index is 10.5. The van der Waals surface area contributed by atoms with E-state index in [-0.39, 0.29) is 0 Å². The summed E-state index contributed by atoms with van der Waals surface area (Å²) in [6.07, 6.45) is 0. The molecule has 0 aliphatic heterocycles. The Balaban J connectivity index is 4.07. The second-order valence-corrected chi connectivity index (χ2v) is 2.38. The molecule has 4 nitrogen and oxygen atoms in total. The number of amides is 2. The third-order valence-corrected chi connectivity index (χ3v) is 1.65. The molecule has 2 amide bonds. The highest BCUT2D eigenvalue weighted by Crippen LogP contribution is 2.08. The van der Waals surface area contributed by atoms with Crippen LogP contribution in [0, 0.1) is 11.8 Å². The number of carbonyl (C=O) groups is 2. The largest absolute Gasteiger partial charge is 0.369 e. The van der Waals surface area contributed by atoms with E-state index in [4.69, 9.17) is 11.5 Å². The van der Waals surface area contributed by atoms with Gasteiger partial charge in [-0.15, -0.1) is 0 Å². The van der Waals surface area contributed by atoms with Crippen molar-refractivity contribution in [1.29, 1.82) is 0 Å². The smallest absolute Gasteiger partial charge is 0.221 e. The van der Waals surface area contributed by atoms with E-state index in [0.717, 1.165) is 0 Å². The summed E-state index contributed by atoms with van der Waals surface area (Å²) < 4.78 is 0. The second-order valence-electron chi connectivity index (χ2n) is 2.38. The van der Waals surface area contributed by atoms with Crippen molar-refractivity contribution in [2.24, 2.45) is 23.3 Å². The van der Waals surface area contributed by atoms with Crippen molar-refractivity contribution in [2.45, 2.75) is 13.8 Å². The van der Waals surface area contributed by atoms with Crippen LogP contribution in [0.5, 0.6) is 0 Å². The molecule has 4 heteroatoms. The summed E-state index contributed by atoms with van der Waals surface area (Å²) in [5, 5.41) is 0. The van der Waals surface area contributed by atoms with Crippen molar-refractivity contribution in [3.05, 3.63) is 0 Å². The van der Waals surface area contributed by atoms with Gasteiger partial charge in [0.1, 0.15) is 0 Å². The van der Waals surface area contributed by atoms with Gasteiger partial charge in [-0.05, 0) is 0 Å². The molecule has 0 heterocycles. The monoisotopic (exact) mass is 144 g/mol. The van der Waals surface area contributed by atoms with E-state index in [1.807, 2.05) is 0 Å². The Morgan fingerprint density at radius 3 is 1.30 bits per heavy atom. The molecule has 0 aromatic rings. The van der Waals surface area contributed by atoms with Gasteiger partial charge in [0.05, 0.1) is 0 Å². The SMILES string of the molecule is CC(C(N)=O)C(C)C(N)=O. The summed E-state index contributed by atoms with van der Waals surface area (Å²) in [4.78, 5) is 20.9. The average molecular weight is 144 g/mol. The lowest BCUT2D eigenvalue weighted by Gasteiger charge is -2.11. The number of nitrogens with two attached hydrogens (primary N) is 2. The standard InChI is InChI=1S/C6H12N2O2/c1-3(5(7)9)4(2)6(8)10/h3-4H,1-2H3,(H2,7,9)(H2,8,10). The van der Waals surface area contributed by atoms with Crippen LogP contribution in [0.25, 0.3) is 0 Å². The number of hydrogen-bond acceptors (Lipinski definition) is 2. The molecule has 58 valence electrons. The van der Waals surface area contributed by atoms with Gasteiger partial charge >= 0.3 is 0 Å². The van der Waals surface area contributed by atoms with Gasteiger partial charge in [0.25, 0.3) is 0 Å². The highest BCUT2D eigenvalue weighted by Gasteiger charge is 2.21. The van der Waals surface area contributed by atoms with Crippen molar-refractivity contribution in [2.75, 3.05) is 0 Å². The van der Waals surface area contributed by atoms with Gasteiger partial charge < -0.3 is 11.5 Å².